The summed E-state index contributed by atoms with van der Waals surface area (Å²) in [5.41, 5.74) is 3.19. The summed E-state index contributed by atoms with van der Waals surface area (Å²) in [5, 5.41) is 6.18. The van der Waals surface area contributed by atoms with Gasteiger partial charge in [-0.05, 0) is 35.4 Å². The van der Waals surface area contributed by atoms with Gasteiger partial charge in [-0.25, -0.2) is 0 Å². The highest BCUT2D eigenvalue weighted by molar-refractivity contribution is 5.96. The molecule has 22 heavy (non-hydrogen) atoms. The van der Waals surface area contributed by atoms with Crippen molar-refractivity contribution in [2.24, 2.45) is 0 Å². The molecular formula is C18H21N2O2. The Morgan fingerprint density at radius 3 is 2.05 bits per heavy atom. The quantitative estimate of drug-likeness (QED) is 0.825. The molecule has 0 saturated heterocycles. The summed E-state index contributed by atoms with van der Waals surface area (Å²) in [6.45, 7) is 3.29. The van der Waals surface area contributed by atoms with Gasteiger partial charge in [-0.15, -0.1) is 0 Å². The molecule has 1 amide bonds. The summed E-state index contributed by atoms with van der Waals surface area (Å²) < 4.78 is 5.14. The van der Waals surface area contributed by atoms with E-state index < -0.39 is 0 Å². The minimum Gasteiger partial charge on any atom is -0.497 e. The molecule has 2 N–H and O–H groups in total. The van der Waals surface area contributed by atoms with E-state index in [0.717, 1.165) is 24.5 Å². The van der Waals surface area contributed by atoms with Crippen molar-refractivity contribution in [1.29, 1.82) is 0 Å². The molecule has 2 aromatic carbocycles. The summed E-state index contributed by atoms with van der Waals surface area (Å²) in [6.07, 6.45) is 1.50. The van der Waals surface area contributed by atoms with Crippen molar-refractivity contribution < 1.29 is 9.53 Å². The Hall–Kier alpha value is -2.33. The maximum Gasteiger partial charge on any atom is 0.227 e. The van der Waals surface area contributed by atoms with Gasteiger partial charge in [-0.1, -0.05) is 31.2 Å². The van der Waals surface area contributed by atoms with Gasteiger partial charge >= 0.3 is 0 Å². The van der Waals surface area contributed by atoms with Gasteiger partial charge in [-0.3, -0.25) is 4.79 Å². The highest BCUT2D eigenvalue weighted by Crippen LogP contribution is 2.12. The van der Waals surface area contributed by atoms with Crippen molar-refractivity contribution in [2.75, 3.05) is 12.4 Å². The summed E-state index contributed by atoms with van der Waals surface area (Å²) >= 11 is 0. The van der Waals surface area contributed by atoms with E-state index in [1.165, 1.54) is 17.5 Å². The van der Waals surface area contributed by atoms with Crippen molar-refractivity contribution in [2.45, 2.75) is 20.0 Å². The van der Waals surface area contributed by atoms with Gasteiger partial charge < -0.3 is 15.4 Å². The monoisotopic (exact) mass is 297 g/mol. The number of carbonyl (C=O) groups excluding carboxylic acids is 1. The molecule has 0 heterocycles. The van der Waals surface area contributed by atoms with Gasteiger partial charge in [0.15, 0.2) is 0 Å². The second-order valence-corrected chi connectivity index (χ2v) is 4.93. The number of hydrogen-bond acceptors (Lipinski definition) is 3. The van der Waals surface area contributed by atoms with Crippen LogP contribution in [-0.4, -0.2) is 13.0 Å². The van der Waals surface area contributed by atoms with Crippen molar-refractivity contribution in [3.8, 4) is 5.75 Å². The van der Waals surface area contributed by atoms with Gasteiger partial charge in [0.1, 0.15) is 5.75 Å². The van der Waals surface area contributed by atoms with Crippen LogP contribution >= 0.6 is 0 Å². The number of anilines is 1. The molecule has 0 aliphatic heterocycles. The number of amides is 1. The van der Waals surface area contributed by atoms with Gasteiger partial charge in [-0.2, -0.15) is 0 Å². The zero-order valence-electron chi connectivity index (χ0n) is 12.9. The Bertz CT molecular complexity index is 591. The number of nitrogens with one attached hydrogen (secondary N) is 2. The topological polar surface area (TPSA) is 50.4 Å². The fourth-order valence-corrected chi connectivity index (χ4v) is 2.01. The summed E-state index contributed by atoms with van der Waals surface area (Å²) in [6, 6.07) is 15.8. The molecule has 2 aromatic rings. The average Bonchev–Trinajstić information content (AvgIpc) is 2.57. The first kappa shape index (κ1) is 16.0. The average molecular weight is 297 g/mol. The molecule has 4 nitrogen and oxygen atoms in total. The standard InChI is InChI=1S/C18H21N2O2/c1-3-18(21)20-16-8-4-14(5-9-16)12-19-13-15-6-10-17(22-2)11-7-15/h3-11,19H,12-13H2,1-2H3,(H,20,21). The molecular weight excluding hydrogens is 276 g/mol. The highest BCUT2D eigenvalue weighted by Gasteiger charge is 2.00. The van der Waals surface area contributed by atoms with Crippen molar-refractivity contribution in [3.63, 3.8) is 0 Å². The lowest BCUT2D eigenvalue weighted by atomic mass is 10.2. The predicted octanol–water partition coefficient (Wildman–Crippen LogP) is 3.15. The molecule has 0 saturated carbocycles. The Labute approximate surface area is 131 Å². The Morgan fingerprint density at radius 2 is 1.55 bits per heavy atom. The van der Waals surface area contributed by atoms with Crippen LogP contribution in [0.25, 0.3) is 0 Å². The minimum absolute atomic E-state index is 0.0922. The Balaban J connectivity index is 1.80. The van der Waals surface area contributed by atoms with E-state index >= 15 is 0 Å². The first-order valence-corrected chi connectivity index (χ1v) is 7.24. The summed E-state index contributed by atoms with van der Waals surface area (Å²) in [5.74, 6) is 0.774. The predicted molar refractivity (Wildman–Crippen MR) is 88.6 cm³/mol. The van der Waals surface area contributed by atoms with Crippen molar-refractivity contribution in [1.82, 2.24) is 5.32 Å². The van der Waals surface area contributed by atoms with Gasteiger partial charge in [0.05, 0.1) is 7.11 Å². The summed E-state index contributed by atoms with van der Waals surface area (Å²) in [4.78, 5) is 11.3. The number of carbonyl (C=O) groups is 1. The smallest absolute Gasteiger partial charge is 0.227 e. The van der Waals surface area contributed by atoms with Crippen LogP contribution in [0.5, 0.6) is 5.75 Å². The van der Waals surface area contributed by atoms with Crippen LogP contribution < -0.4 is 15.4 Å². The maximum atomic E-state index is 11.3. The molecule has 0 spiro atoms. The normalized spacial score (nSPS) is 10.3. The molecule has 0 bridgehead atoms. The van der Waals surface area contributed by atoms with Crippen LogP contribution in [0.1, 0.15) is 18.1 Å². The second-order valence-electron chi connectivity index (χ2n) is 4.93. The number of hydrogen-bond donors (Lipinski definition) is 2. The zero-order valence-corrected chi connectivity index (χ0v) is 12.9. The van der Waals surface area contributed by atoms with Crippen molar-refractivity contribution in [3.05, 3.63) is 66.1 Å². The fraction of sp³-hybridized carbons (Fsp3) is 0.222. The van der Waals surface area contributed by atoms with E-state index in [1.54, 1.807) is 14.0 Å². The third-order valence-corrected chi connectivity index (χ3v) is 3.30. The molecule has 4 heteroatoms. The van der Waals surface area contributed by atoms with Crippen LogP contribution in [-0.2, 0) is 17.9 Å². The molecule has 0 aliphatic rings. The SMILES string of the molecule is C[CH]C(=O)Nc1ccc(CNCc2ccc(OC)cc2)cc1. The molecule has 0 unspecified atom stereocenters. The lowest BCUT2D eigenvalue weighted by molar-refractivity contribution is -0.113. The Kier molecular flexibility index (Phi) is 5.98. The minimum atomic E-state index is -0.0922. The Morgan fingerprint density at radius 1 is 1.00 bits per heavy atom. The third kappa shape index (κ3) is 4.90. The van der Waals surface area contributed by atoms with E-state index in [-0.39, 0.29) is 5.91 Å². The third-order valence-electron chi connectivity index (χ3n) is 3.30. The summed E-state index contributed by atoms with van der Waals surface area (Å²) in [7, 11) is 1.66. The molecule has 0 aliphatic carbocycles. The molecule has 0 fully saturated rings. The molecule has 1 radical (unpaired) electrons. The van der Waals surface area contributed by atoms with Crippen LogP contribution in [0, 0.1) is 6.42 Å². The van der Waals surface area contributed by atoms with Crippen LogP contribution in [0.2, 0.25) is 0 Å². The van der Waals surface area contributed by atoms with Crippen LogP contribution in [0.15, 0.2) is 48.5 Å². The number of benzene rings is 2. The lowest BCUT2D eigenvalue weighted by Crippen LogP contribution is -2.13. The van der Waals surface area contributed by atoms with Crippen LogP contribution in [0.4, 0.5) is 5.69 Å². The maximum absolute atomic E-state index is 11.3. The molecule has 115 valence electrons. The molecule has 0 atom stereocenters. The number of ether oxygens (including phenoxy) is 1. The lowest BCUT2D eigenvalue weighted by Gasteiger charge is -2.08. The zero-order chi connectivity index (χ0) is 15.8. The van der Waals surface area contributed by atoms with Crippen molar-refractivity contribution >= 4 is 11.6 Å². The molecule has 2 rings (SSSR count). The van der Waals surface area contributed by atoms with Gasteiger partial charge in [0.2, 0.25) is 5.91 Å². The largest absolute Gasteiger partial charge is 0.497 e. The molecule has 0 aromatic heterocycles. The number of rotatable bonds is 7. The van der Waals surface area contributed by atoms with Gasteiger partial charge in [0, 0.05) is 25.2 Å². The van der Waals surface area contributed by atoms with E-state index in [9.17, 15) is 4.79 Å². The highest BCUT2D eigenvalue weighted by atomic mass is 16.5. The van der Waals surface area contributed by atoms with Crippen LogP contribution in [0.3, 0.4) is 0 Å². The van der Waals surface area contributed by atoms with E-state index in [2.05, 4.69) is 10.6 Å². The second kappa shape index (κ2) is 8.20. The first-order chi connectivity index (χ1) is 10.7. The fourth-order valence-electron chi connectivity index (χ4n) is 2.01. The van der Waals surface area contributed by atoms with E-state index in [0.29, 0.717) is 0 Å². The van der Waals surface area contributed by atoms with E-state index in [4.69, 9.17) is 4.74 Å². The first-order valence-electron chi connectivity index (χ1n) is 7.24. The number of methoxy groups -OCH3 is 1. The van der Waals surface area contributed by atoms with Gasteiger partial charge in [0.25, 0.3) is 0 Å². The van der Waals surface area contributed by atoms with E-state index in [1.807, 2.05) is 48.5 Å².